The Bertz CT molecular complexity index is 876. The molecule has 0 radical (unpaired) electrons. The van der Waals surface area contributed by atoms with Gasteiger partial charge in [0.2, 0.25) is 0 Å². The molecule has 0 fully saturated rings. The third-order valence-electron chi connectivity index (χ3n) is 3.49. The molecular weight excluding hydrogens is 344 g/mol. The number of rotatable bonds is 5. The lowest BCUT2D eigenvalue weighted by atomic mass is 10.2. The Morgan fingerprint density at radius 1 is 1.28 bits per heavy atom. The first-order valence-corrected chi connectivity index (χ1v) is 9.46. The molecule has 25 heavy (non-hydrogen) atoms. The van der Waals surface area contributed by atoms with E-state index in [2.05, 4.69) is 15.7 Å². The summed E-state index contributed by atoms with van der Waals surface area (Å²) >= 11 is 0. The number of nitrogens with one attached hydrogen (secondary N) is 2. The van der Waals surface area contributed by atoms with E-state index in [0.717, 1.165) is 6.26 Å². The number of hydrogen-bond acceptors (Lipinski definition) is 5. The number of anilines is 1. The Morgan fingerprint density at radius 3 is 2.60 bits per heavy atom. The highest BCUT2D eigenvalue weighted by Crippen LogP contribution is 2.20. The highest BCUT2D eigenvalue weighted by atomic mass is 32.2. The Balaban J connectivity index is 2.02. The van der Waals surface area contributed by atoms with Crippen LogP contribution in [0.15, 0.2) is 41.6 Å². The highest BCUT2D eigenvalue weighted by Gasteiger charge is 2.18. The summed E-state index contributed by atoms with van der Waals surface area (Å²) in [6, 6.07) is 5.82. The standard InChI is InChI=1S/C16H20N4O4S/c1-11-5-6-13(25(3,23)24)9-14(11)19-16(22)15(21)18-12(2)10-20-8-4-7-17-20/h4-9,12H,10H2,1-3H3,(H,18,21)(H,19,22)/t12-/m0/s1. The smallest absolute Gasteiger partial charge is 0.313 e. The minimum absolute atomic E-state index is 0.0702. The molecule has 0 unspecified atom stereocenters. The van der Waals surface area contributed by atoms with E-state index in [0.29, 0.717) is 12.1 Å². The predicted octanol–water partition coefficient (Wildman–Crippen LogP) is 0.738. The fourth-order valence-electron chi connectivity index (χ4n) is 2.17. The van der Waals surface area contributed by atoms with E-state index in [4.69, 9.17) is 0 Å². The number of hydrogen-bond donors (Lipinski definition) is 2. The van der Waals surface area contributed by atoms with Gasteiger partial charge in [-0.2, -0.15) is 5.10 Å². The van der Waals surface area contributed by atoms with Gasteiger partial charge < -0.3 is 10.6 Å². The van der Waals surface area contributed by atoms with Crippen molar-refractivity contribution in [3.05, 3.63) is 42.2 Å². The van der Waals surface area contributed by atoms with Gasteiger partial charge in [-0.1, -0.05) is 6.07 Å². The van der Waals surface area contributed by atoms with Crippen molar-refractivity contribution in [3.8, 4) is 0 Å². The second-order valence-electron chi connectivity index (χ2n) is 5.81. The molecule has 0 saturated carbocycles. The first kappa shape index (κ1) is 18.7. The molecule has 1 atom stereocenters. The lowest BCUT2D eigenvalue weighted by molar-refractivity contribution is -0.136. The molecule has 9 heteroatoms. The van der Waals surface area contributed by atoms with Crippen LogP contribution in [0.3, 0.4) is 0 Å². The average Bonchev–Trinajstić information content (AvgIpc) is 3.00. The molecule has 1 aromatic heterocycles. The van der Waals surface area contributed by atoms with E-state index in [9.17, 15) is 18.0 Å². The van der Waals surface area contributed by atoms with E-state index >= 15 is 0 Å². The van der Waals surface area contributed by atoms with Crippen molar-refractivity contribution in [1.29, 1.82) is 0 Å². The largest absolute Gasteiger partial charge is 0.344 e. The summed E-state index contributed by atoms with van der Waals surface area (Å²) in [7, 11) is -3.41. The van der Waals surface area contributed by atoms with Crippen LogP contribution in [0.4, 0.5) is 5.69 Å². The van der Waals surface area contributed by atoms with Gasteiger partial charge in [-0.15, -0.1) is 0 Å². The molecule has 1 heterocycles. The number of nitrogens with zero attached hydrogens (tertiary/aromatic N) is 2. The monoisotopic (exact) mass is 364 g/mol. The SMILES string of the molecule is Cc1ccc(S(C)(=O)=O)cc1NC(=O)C(=O)N[C@@H](C)Cn1cccn1. The molecule has 0 aliphatic rings. The van der Waals surface area contributed by atoms with E-state index in [-0.39, 0.29) is 16.6 Å². The summed E-state index contributed by atoms with van der Waals surface area (Å²) in [5.74, 6) is -1.66. The van der Waals surface area contributed by atoms with E-state index in [1.54, 1.807) is 43.1 Å². The van der Waals surface area contributed by atoms with E-state index in [1.807, 2.05) is 0 Å². The van der Waals surface area contributed by atoms with Gasteiger partial charge in [0.15, 0.2) is 9.84 Å². The number of carbonyl (C=O) groups is 2. The first-order valence-electron chi connectivity index (χ1n) is 7.57. The van der Waals surface area contributed by atoms with Crippen LogP contribution >= 0.6 is 0 Å². The van der Waals surface area contributed by atoms with Crippen LogP contribution in [-0.4, -0.2) is 42.3 Å². The topological polar surface area (TPSA) is 110 Å². The highest BCUT2D eigenvalue weighted by molar-refractivity contribution is 7.90. The Kier molecular flexibility index (Phi) is 5.58. The molecule has 134 valence electrons. The number of aromatic nitrogens is 2. The summed E-state index contributed by atoms with van der Waals surface area (Å²) in [6.07, 6.45) is 4.45. The molecule has 1 aromatic carbocycles. The Hall–Kier alpha value is -2.68. The molecule has 0 aliphatic heterocycles. The lowest BCUT2D eigenvalue weighted by Gasteiger charge is -2.14. The number of sulfone groups is 1. The minimum Gasteiger partial charge on any atom is -0.344 e. The summed E-state index contributed by atoms with van der Waals surface area (Å²) < 4.78 is 24.9. The van der Waals surface area contributed by atoms with Crippen molar-refractivity contribution in [2.24, 2.45) is 0 Å². The first-order chi connectivity index (χ1) is 11.7. The fourth-order valence-corrected chi connectivity index (χ4v) is 2.82. The van der Waals surface area contributed by atoms with Crippen molar-refractivity contribution in [1.82, 2.24) is 15.1 Å². The van der Waals surface area contributed by atoms with Crippen LogP contribution in [0.1, 0.15) is 12.5 Å². The second kappa shape index (κ2) is 7.47. The maximum Gasteiger partial charge on any atom is 0.313 e. The third kappa shape index (κ3) is 5.15. The molecule has 0 saturated heterocycles. The molecule has 2 amide bonds. The maximum absolute atomic E-state index is 12.1. The number of benzene rings is 1. The Labute approximate surface area is 146 Å². The molecule has 8 nitrogen and oxygen atoms in total. The molecule has 2 aromatic rings. The summed E-state index contributed by atoms with van der Waals surface area (Å²) in [4.78, 5) is 24.1. The van der Waals surface area contributed by atoms with Crippen LogP contribution in [0.25, 0.3) is 0 Å². The molecule has 2 rings (SSSR count). The number of aryl methyl sites for hydroxylation is 1. The molecule has 0 aliphatic carbocycles. The van der Waals surface area contributed by atoms with Crippen molar-refractivity contribution in [3.63, 3.8) is 0 Å². The molecular formula is C16H20N4O4S. The van der Waals surface area contributed by atoms with Gasteiger partial charge in [0.05, 0.1) is 11.4 Å². The molecule has 0 bridgehead atoms. The maximum atomic E-state index is 12.1. The number of carbonyl (C=O) groups excluding carboxylic acids is 2. The van der Waals surface area contributed by atoms with Gasteiger partial charge in [0.1, 0.15) is 0 Å². The lowest BCUT2D eigenvalue weighted by Crippen LogP contribution is -2.42. The fraction of sp³-hybridized carbons (Fsp3) is 0.312. The summed E-state index contributed by atoms with van der Waals surface area (Å²) in [5, 5.41) is 9.05. The van der Waals surface area contributed by atoms with Crippen LogP contribution in [0.5, 0.6) is 0 Å². The molecule has 0 spiro atoms. The van der Waals surface area contributed by atoms with Crippen molar-refractivity contribution in [2.75, 3.05) is 11.6 Å². The zero-order valence-electron chi connectivity index (χ0n) is 14.2. The van der Waals surface area contributed by atoms with Gasteiger partial charge >= 0.3 is 11.8 Å². The van der Waals surface area contributed by atoms with Gasteiger partial charge in [-0.3, -0.25) is 14.3 Å². The van der Waals surface area contributed by atoms with Crippen molar-refractivity contribution < 1.29 is 18.0 Å². The Morgan fingerprint density at radius 2 is 2.00 bits per heavy atom. The van der Waals surface area contributed by atoms with Crippen LogP contribution in [0.2, 0.25) is 0 Å². The van der Waals surface area contributed by atoms with E-state index < -0.39 is 21.7 Å². The van der Waals surface area contributed by atoms with Gasteiger partial charge in [0.25, 0.3) is 0 Å². The van der Waals surface area contributed by atoms with E-state index in [1.165, 1.54) is 12.1 Å². The quantitative estimate of drug-likeness (QED) is 0.760. The number of amides is 2. The normalized spacial score (nSPS) is 12.4. The van der Waals surface area contributed by atoms with Gasteiger partial charge in [-0.25, -0.2) is 8.42 Å². The predicted molar refractivity (Wildman–Crippen MR) is 92.8 cm³/mol. The second-order valence-corrected chi connectivity index (χ2v) is 7.82. The minimum atomic E-state index is -3.41. The van der Waals surface area contributed by atoms with Gasteiger partial charge in [-0.05, 0) is 37.6 Å². The van der Waals surface area contributed by atoms with Gasteiger partial charge in [0, 0.05) is 30.4 Å². The van der Waals surface area contributed by atoms with Crippen molar-refractivity contribution in [2.45, 2.75) is 31.3 Å². The zero-order chi connectivity index (χ0) is 18.6. The van der Waals surface area contributed by atoms with Crippen LogP contribution in [-0.2, 0) is 26.0 Å². The molecule has 2 N–H and O–H groups in total. The summed E-state index contributed by atoms with van der Waals surface area (Å²) in [6.45, 7) is 3.89. The third-order valence-corrected chi connectivity index (χ3v) is 4.60. The summed E-state index contributed by atoms with van der Waals surface area (Å²) in [5.41, 5.74) is 0.931. The average molecular weight is 364 g/mol. The zero-order valence-corrected chi connectivity index (χ0v) is 15.0. The van der Waals surface area contributed by atoms with Crippen LogP contribution in [0, 0.1) is 6.92 Å². The van der Waals surface area contributed by atoms with Crippen molar-refractivity contribution >= 4 is 27.3 Å². The van der Waals surface area contributed by atoms with Crippen LogP contribution < -0.4 is 10.6 Å².